The van der Waals surface area contributed by atoms with Gasteiger partial charge in [0.05, 0.1) is 37.5 Å². The third-order valence-electron chi connectivity index (χ3n) is 15.1. The maximum absolute atomic E-state index is 12.6. The van der Waals surface area contributed by atoms with Gasteiger partial charge in [-0.15, -0.1) is 0 Å². The predicted molar refractivity (Wildman–Crippen MR) is 320 cm³/mol. The van der Waals surface area contributed by atoms with Crippen LogP contribution in [-0.4, -0.2) is 64.5 Å². The summed E-state index contributed by atoms with van der Waals surface area (Å²) in [5.74, 6) is 1.62. The summed E-state index contributed by atoms with van der Waals surface area (Å²) in [5, 5.41) is 4.05. The van der Waals surface area contributed by atoms with Crippen LogP contribution in [0.25, 0.3) is 0 Å². The van der Waals surface area contributed by atoms with Gasteiger partial charge < -0.3 is 33.5 Å². The van der Waals surface area contributed by atoms with E-state index >= 15 is 0 Å². The molecule has 1 aliphatic rings. The molecular formula is C67H84N5O6P. The molecule has 0 radical (unpaired) electrons. The van der Waals surface area contributed by atoms with E-state index in [0.717, 1.165) is 64.6 Å². The number of imidazole rings is 1. The molecule has 3 N–H and O–H groups in total. The second-order valence-electron chi connectivity index (χ2n) is 21.5. The summed E-state index contributed by atoms with van der Waals surface area (Å²) in [7, 11) is -4.61. The summed E-state index contributed by atoms with van der Waals surface area (Å²) in [6.07, 6.45) is 19.3. The third-order valence-corrected chi connectivity index (χ3v) is 15.6. The number of hydrogen-bond donors (Lipinski definition) is 3. The third kappa shape index (κ3) is 16.5. The lowest BCUT2D eigenvalue weighted by Gasteiger charge is -2.40. The SMILES string of the molecule is CC(C)CCCCCCCCCCCCCCOCCCN1C=NC(NC(c2ccccc2)(c2ccccc2)c2ccccc2)c2ncn(C[C@@H](COC(c3ccccc3)(c3ccccc3)c3ccccc3)OCP(=O)(O)O)c21. The molecule has 0 spiro atoms. The molecule has 0 fully saturated rings. The average Bonchev–Trinajstić information content (AvgIpc) is 4.06. The molecule has 12 heteroatoms. The van der Waals surface area contributed by atoms with E-state index in [-0.39, 0.29) is 13.2 Å². The van der Waals surface area contributed by atoms with Crippen molar-refractivity contribution in [1.82, 2.24) is 14.9 Å². The highest BCUT2D eigenvalue weighted by molar-refractivity contribution is 7.51. The van der Waals surface area contributed by atoms with Crippen LogP contribution in [0.4, 0.5) is 5.82 Å². The highest BCUT2D eigenvalue weighted by Crippen LogP contribution is 2.44. The Morgan fingerprint density at radius 2 is 0.987 bits per heavy atom. The molecule has 1 aromatic heterocycles. The topological polar surface area (TPSA) is 131 Å². The fourth-order valence-corrected chi connectivity index (χ4v) is 11.5. The number of nitrogens with zero attached hydrogens (tertiary/aromatic N) is 4. The first-order valence-corrected chi connectivity index (χ1v) is 30.8. The van der Waals surface area contributed by atoms with Crippen molar-refractivity contribution in [3.8, 4) is 0 Å². The molecule has 0 amide bonds. The maximum atomic E-state index is 12.6. The zero-order valence-electron chi connectivity index (χ0n) is 46.6. The summed E-state index contributed by atoms with van der Waals surface area (Å²) >= 11 is 0. The van der Waals surface area contributed by atoms with Crippen molar-refractivity contribution in [3.63, 3.8) is 0 Å². The summed E-state index contributed by atoms with van der Waals surface area (Å²) in [6, 6.07) is 61.5. The Kier molecular flexibility index (Phi) is 22.9. The van der Waals surface area contributed by atoms with Crippen molar-refractivity contribution in [2.24, 2.45) is 10.9 Å². The molecule has 11 nitrogen and oxygen atoms in total. The molecule has 0 bridgehead atoms. The first-order valence-electron chi connectivity index (χ1n) is 29.0. The van der Waals surface area contributed by atoms with Crippen LogP contribution >= 0.6 is 7.60 Å². The molecule has 8 rings (SSSR count). The number of anilines is 1. The first kappa shape index (κ1) is 59.1. The minimum absolute atomic E-state index is 0.0346. The van der Waals surface area contributed by atoms with Gasteiger partial charge in [0.1, 0.15) is 29.6 Å². The molecule has 2 atom stereocenters. The van der Waals surface area contributed by atoms with Crippen LogP contribution in [0.2, 0.25) is 0 Å². The van der Waals surface area contributed by atoms with Crippen LogP contribution in [0.5, 0.6) is 0 Å². The predicted octanol–water partition coefficient (Wildman–Crippen LogP) is 15.0. The number of benzene rings is 6. The van der Waals surface area contributed by atoms with Gasteiger partial charge in [-0.2, -0.15) is 0 Å². The Bertz CT molecular complexity index is 2680. The van der Waals surface area contributed by atoms with Crippen LogP contribution in [0.15, 0.2) is 193 Å². The van der Waals surface area contributed by atoms with Crippen molar-refractivity contribution < 1.29 is 28.6 Å². The fraction of sp³-hybridized carbons (Fsp3) is 0.403. The summed E-state index contributed by atoms with van der Waals surface area (Å²) in [4.78, 5) is 33.1. The van der Waals surface area contributed by atoms with Gasteiger partial charge >= 0.3 is 7.60 Å². The lowest BCUT2D eigenvalue weighted by Crippen LogP contribution is -2.47. The zero-order chi connectivity index (χ0) is 55.0. The van der Waals surface area contributed by atoms with Gasteiger partial charge in [-0.25, -0.2) is 9.98 Å². The molecule has 79 heavy (non-hydrogen) atoms. The molecule has 7 aromatic rings. The van der Waals surface area contributed by atoms with Crippen molar-refractivity contribution >= 4 is 19.8 Å². The Hall–Kier alpha value is -6.01. The summed E-state index contributed by atoms with van der Waals surface area (Å²) in [6.45, 7) is 6.68. The van der Waals surface area contributed by atoms with Crippen LogP contribution < -0.4 is 10.2 Å². The minimum atomic E-state index is -4.61. The first-order chi connectivity index (χ1) is 38.7. The fourth-order valence-electron chi connectivity index (χ4n) is 11.1. The van der Waals surface area contributed by atoms with Crippen molar-refractivity contribution in [2.75, 3.05) is 37.6 Å². The molecule has 0 saturated heterocycles. The van der Waals surface area contributed by atoms with E-state index in [1.54, 1.807) is 6.33 Å². The molecule has 6 aromatic carbocycles. The smallest absolute Gasteiger partial charge is 0.350 e. The van der Waals surface area contributed by atoms with Crippen LogP contribution in [0.1, 0.15) is 149 Å². The lowest BCUT2D eigenvalue weighted by atomic mass is 9.76. The van der Waals surface area contributed by atoms with Crippen LogP contribution in [-0.2, 0) is 36.5 Å². The van der Waals surface area contributed by atoms with Gasteiger partial charge in [-0.3, -0.25) is 9.88 Å². The standard InChI is InChI=1S/C67H84N5O6P/c1-55(2)34-19-11-9-7-5-3-4-6-8-10-12-32-48-76-49-33-47-71-53-69-64(70-66(56-35-20-13-21-36-56,57-37-22-14-23-38-57)58-39-24-15-25-40-58)63-65(71)72(52-68-63)50-62(77-54-79(73,74)75)51-78-67(59-41-26-16-27-42-59,60-43-28-17-29-44-60)61-45-30-18-31-46-61/h13-18,20-31,35-46,52-53,55,62,64,70H,3-12,19,32-34,47-51,54H2,1-2H3,(H2,73,74,75)/t62-,64?/m0/s1. The van der Waals surface area contributed by atoms with E-state index in [4.69, 9.17) is 24.2 Å². The zero-order valence-corrected chi connectivity index (χ0v) is 47.5. The van der Waals surface area contributed by atoms with Gasteiger partial charge in [-0.1, -0.05) is 273 Å². The number of unbranched alkanes of at least 4 members (excludes halogenated alkanes) is 11. The second kappa shape index (κ2) is 30.5. The van der Waals surface area contributed by atoms with Gasteiger partial charge in [0.2, 0.25) is 0 Å². The van der Waals surface area contributed by atoms with Crippen molar-refractivity contribution in [1.29, 1.82) is 0 Å². The number of ether oxygens (including phenoxy) is 3. The van der Waals surface area contributed by atoms with Crippen molar-refractivity contribution in [3.05, 3.63) is 227 Å². The Balaban J connectivity index is 1.02. The average molecular weight is 1090 g/mol. The highest BCUT2D eigenvalue weighted by atomic mass is 31.2. The number of fused-ring (bicyclic) bond motifs is 1. The molecule has 1 unspecified atom stereocenters. The van der Waals surface area contributed by atoms with Crippen molar-refractivity contribution in [2.45, 2.75) is 134 Å². The quantitative estimate of drug-likeness (QED) is 0.0202. The van der Waals surface area contributed by atoms with Gasteiger partial charge in [0.25, 0.3) is 0 Å². The van der Waals surface area contributed by atoms with E-state index in [2.05, 4.69) is 96.9 Å². The van der Waals surface area contributed by atoms with Crippen LogP contribution in [0, 0.1) is 5.92 Å². The Labute approximate surface area is 470 Å². The maximum Gasteiger partial charge on any atom is 0.350 e. The van der Waals surface area contributed by atoms with E-state index in [9.17, 15) is 14.4 Å². The number of hydrogen-bond acceptors (Lipinski definition) is 8. The minimum Gasteiger partial charge on any atom is -0.381 e. The number of aromatic nitrogens is 2. The van der Waals surface area contributed by atoms with Gasteiger partial charge in [0.15, 0.2) is 0 Å². The van der Waals surface area contributed by atoms with E-state index < -0.39 is 37.4 Å². The number of aliphatic imine (C=N–C) groups is 1. The number of rotatable bonds is 35. The Morgan fingerprint density at radius 1 is 0.570 bits per heavy atom. The normalized spacial score (nSPS) is 14.2. The van der Waals surface area contributed by atoms with E-state index in [1.165, 1.54) is 77.0 Å². The molecule has 2 heterocycles. The molecule has 418 valence electrons. The van der Waals surface area contributed by atoms with E-state index in [0.29, 0.717) is 18.8 Å². The largest absolute Gasteiger partial charge is 0.381 e. The summed E-state index contributed by atoms with van der Waals surface area (Å²) in [5.41, 5.74) is 4.57. The van der Waals surface area contributed by atoms with Gasteiger partial charge in [0, 0.05) is 19.8 Å². The second-order valence-corrected chi connectivity index (χ2v) is 23.1. The molecule has 0 aliphatic carbocycles. The van der Waals surface area contributed by atoms with E-state index in [1.807, 2.05) is 120 Å². The molecule has 1 aliphatic heterocycles. The molecule has 0 saturated carbocycles. The monoisotopic (exact) mass is 1090 g/mol. The lowest BCUT2D eigenvalue weighted by molar-refractivity contribution is -0.0625. The molecular weight excluding hydrogens is 1000 g/mol. The number of nitrogens with one attached hydrogen (secondary N) is 1. The highest BCUT2D eigenvalue weighted by Gasteiger charge is 2.42. The summed E-state index contributed by atoms with van der Waals surface area (Å²) < 4.78 is 34.4. The van der Waals surface area contributed by atoms with Gasteiger partial charge in [-0.05, 0) is 52.1 Å². The van der Waals surface area contributed by atoms with Crippen LogP contribution in [0.3, 0.4) is 0 Å². The Morgan fingerprint density at radius 3 is 1.43 bits per heavy atom.